The molecule has 0 atom stereocenters. The molecule has 1 heteroatoms. The van der Waals surface area contributed by atoms with E-state index in [4.69, 9.17) is 0 Å². The Morgan fingerprint density at radius 3 is 2.17 bits per heavy atom. The Morgan fingerprint density at radius 1 is 1.33 bits per heavy atom. The number of allylic oxidation sites excluding steroid dienone is 3. The Morgan fingerprint density at radius 2 is 2.00 bits per heavy atom. The number of rotatable bonds is 1. The second kappa shape index (κ2) is 5.01. The van der Waals surface area contributed by atoms with E-state index in [1.807, 2.05) is 30.1 Å². The van der Waals surface area contributed by atoms with Gasteiger partial charge in [-0.1, -0.05) is 0 Å². The Balaban J connectivity index is 3.07. The van der Waals surface area contributed by atoms with Gasteiger partial charge in [-0.15, -0.1) is 0 Å². The molecule has 0 aromatic rings. The van der Waals surface area contributed by atoms with Crippen molar-refractivity contribution >= 4 is 0 Å². The Labute approximate surface area is 47.0 Å². The first-order valence-electron chi connectivity index (χ1n) is 1.81. The molecule has 0 amide bonds. The monoisotopic (exact) mass is 119 g/mol. The summed E-state index contributed by atoms with van der Waals surface area (Å²) in [7, 11) is 0. The van der Waals surface area contributed by atoms with Gasteiger partial charge in [-0.25, -0.2) is 0 Å². The van der Waals surface area contributed by atoms with Crippen molar-refractivity contribution in [2.75, 3.05) is 0 Å². The minimum absolute atomic E-state index is 1.88. The van der Waals surface area contributed by atoms with E-state index in [1.54, 1.807) is 0 Å². The third-order valence-electron chi connectivity index (χ3n) is 0.382. The molecule has 0 aromatic carbocycles. The normalized spacial score (nSPS) is 11.5. The first-order chi connectivity index (χ1) is 2.91. The van der Waals surface area contributed by atoms with Crippen LogP contribution in [0.1, 0.15) is 6.92 Å². The van der Waals surface area contributed by atoms with Crippen LogP contribution in [-0.4, -0.2) is 0 Å². The standard InChI is InChI=1S/C5H7.Cr/c1-3-5-4-2;/h1,3-5H,2H3;. The van der Waals surface area contributed by atoms with E-state index in [-0.39, 0.29) is 0 Å². The summed E-state index contributed by atoms with van der Waals surface area (Å²) in [6.07, 6.45) is 5.89. The van der Waals surface area contributed by atoms with E-state index in [1.165, 1.54) is 0 Å². The van der Waals surface area contributed by atoms with E-state index >= 15 is 0 Å². The van der Waals surface area contributed by atoms with Gasteiger partial charge in [0.1, 0.15) is 0 Å². The molecule has 0 rings (SSSR count). The van der Waals surface area contributed by atoms with E-state index in [2.05, 4.69) is 16.3 Å². The summed E-state index contributed by atoms with van der Waals surface area (Å²) in [5, 5.41) is 0. The van der Waals surface area contributed by atoms with Gasteiger partial charge in [0.15, 0.2) is 0 Å². The fourth-order valence-electron chi connectivity index (χ4n) is 0.156. The molecule has 0 radical (unpaired) electrons. The molecule has 0 unspecified atom stereocenters. The van der Waals surface area contributed by atoms with Crippen molar-refractivity contribution in [1.82, 2.24) is 0 Å². The SMILES string of the molecule is CC=CC=[CH][Cr]. The maximum atomic E-state index is 2.75. The average molecular weight is 119 g/mol. The second-order valence-electron chi connectivity index (χ2n) is 0.854. The second-order valence-corrected chi connectivity index (χ2v) is 1.28. The molecule has 0 aliphatic rings. The molecule has 0 spiro atoms. The third kappa shape index (κ3) is 4.01. The maximum absolute atomic E-state index is 2.75. The molecule has 0 aliphatic heterocycles. The number of hydrogen-bond acceptors (Lipinski definition) is 0. The van der Waals surface area contributed by atoms with Crippen LogP contribution in [0, 0.1) is 0 Å². The van der Waals surface area contributed by atoms with Crippen molar-refractivity contribution in [3.05, 3.63) is 23.2 Å². The van der Waals surface area contributed by atoms with Gasteiger partial charge in [-0.05, 0) is 0 Å². The summed E-state index contributed by atoms with van der Waals surface area (Å²) >= 11 is 2.75. The fourth-order valence-corrected chi connectivity index (χ4v) is 0.298. The first kappa shape index (κ1) is 6.01. The van der Waals surface area contributed by atoms with Crippen LogP contribution in [0.5, 0.6) is 0 Å². The summed E-state index contributed by atoms with van der Waals surface area (Å²) in [5.74, 6) is 0. The van der Waals surface area contributed by atoms with Crippen LogP contribution < -0.4 is 0 Å². The number of hydrogen-bond donors (Lipinski definition) is 0. The Bertz CT molecular complexity index is 52.3. The first-order valence-corrected chi connectivity index (χ1v) is 2.55. The molecule has 6 heavy (non-hydrogen) atoms. The topological polar surface area (TPSA) is 0 Å². The Hall–Kier alpha value is 0.0125. The quantitative estimate of drug-likeness (QED) is 0.460. The van der Waals surface area contributed by atoms with Gasteiger partial charge >= 0.3 is 46.4 Å². The molecule has 0 saturated carbocycles. The van der Waals surface area contributed by atoms with Crippen molar-refractivity contribution in [3.8, 4) is 0 Å². The molecule has 0 fully saturated rings. The molecule has 0 saturated heterocycles. The van der Waals surface area contributed by atoms with E-state index in [0.717, 1.165) is 0 Å². The summed E-state index contributed by atoms with van der Waals surface area (Å²) in [6, 6.07) is 0. The molecule has 33 valence electrons. The molecule has 0 heterocycles. The van der Waals surface area contributed by atoms with Crippen LogP contribution in [-0.2, 0) is 16.3 Å². The van der Waals surface area contributed by atoms with Gasteiger partial charge in [-0.3, -0.25) is 0 Å². The van der Waals surface area contributed by atoms with Gasteiger partial charge in [0, 0.05) is 0 Å². The molecule has 0 aliphatic carbocycles. The van der Waals surface area contributed by atoms with E-state index < -0.39 is 0 Å². The van der Waals surface area contributed by atoms with Crippen LogP contribution in [0.2, 0.25) is 0 Å². The minimum atomic E-state index is 1.88. The molecule has 0 N–H and O–H groups in total. The zero-order chi connectivity index (χ0) is 4.83. The predicted octanol–water partition coefficient (Wildman–Crippen LogP) is 1.62. The summed E-state index contributed by atoms with van der Waals surface area (Å²) in [4.78, 5) is 1.88. The van der Waals surface area contributed by atoms with Gasteiger partial charge in [0.2, 0.25) is 0 Å². The van der Waals surface area contributed by atoms with E-state index in [9.17, 15) is 0 Å². The summed E-state index contributed by atoms with van der Waals surface area (Å²) in [5.41, 5.74) is 0. The van der Waals surface area contributed by atoms with Crippen molar-refractivity contribution in [3.63, 3.8) is 0 Å². The molecule has 0 bridgehead atoms. The molecular weight excluding hydrogens is 112 g/mol. The van der Waals surface area contributed by atoms with Crippen LogP contribution in [0.15, 0.2) is 23.2 Å². The zero-order valence-electron chi connectivity index (χ0n) is 3.72. The molecular formula is C5H7Cr. The Kier molecular flexibility index (Phi) is 5.02. The molecule has 0 nitrogen and oxygen atoms in total. The van der Waals surface area contributed by atoms with Gasteiger partial charge in [0.05, 0.1) is 0 Å². The predicted molar refractivity (Wildman–Crippen MR) is 24.0 cm³/mol. The van der Waals surface area contributed by atoms with Gasteiger partial charge in [-0.2, -0.15) is 0 Å². The van der Waals surface area contributed by atoms with Gasteiger partial charge in [0.25, 0.3) is 0 Å². The van der Waals surface area contributed by atoms with Crippen molar-refractivity contribution in [2.24, 2.45) is 0 Å². The van der Waals surface area contributed by atoms with Crippen molar-refractivity contribution in [2.45, 2.75) is 6.92 Å². The van der Waals surface area contributed by atoms with Crippen LogP contribution in [0.25, 0.3) is 0 Å². The third-order valence-corrected chi connectivity index (χ3v) is 0.628. The van der Waals surface area contributed by atoms with E-state index in [0.29, 0.717) is 0 Å². The van der Waals surface area contributed by atoms with Crippen LogP contribution in [0.4, 0.5) is 0 Å². The van der Waals surface area contributed by atoms with Crippen molar-refractivity contribution < 1.29 is 16.3 Å². The van der Waals surface area contributed by atoms with Crippen molar-refractivity contribution in [1.29, 1.82) is 0 Å². The fraction of sp³-hybridized carbons (Fsp3) is 0.200. The summed E-state index contributed by atoms with van der Waals surface area (Å²) < 4.78 is 0. The average Bonchev–Trinajstić information content (AvgIpc) is 1.61. The van der Waals surface area contributed by atoms with Crippen LogP contribution in [0.3, 0.4) is 0 Å². The molecule has 0 aromatic heterocycles. The zero-order valence-corrected chi connectivity index (χ0v) is 4.99. The van der Waals surface area contributed by atoms with Gasteiger partial charge < -0.3 is 0 Å². The van der Waals surface area contributed by atoms with Crippen LogP contribution >= 0.6 is 0 Å². The summed E-state index contributed by atoms with van der Waals surface area (Å²) in [6.45, 7) is 1.99.